The molecule has 0 bridgehead atoms. The molecular formula is C14H17NO3S. The highest BCUT2D eigenvalue weighted by molar-refractivity contribution is 7.11. The summed E-state index contributed by atoms with van der Waals surface area (Å²) in [4.78, 5) is 23.3. The monoisotopic (exact) mass is 279 g/mol. The van der Waals surface area contributed by atoms with Crippen molar-refractivity contribution in [2.75, 3.05) is 0 Å². The smallest absolute Gasteiger partial charge is 0.328 e. The highest BCUT2D eigenvalue weighted by Gasteiger charge is 2.36. The quantitative estimate of drug-likeness (QED) is 0.814. The van der Waals surface area contributed by atoms with Crippen LogP contribution in [0.2, 0.25) is 0 Å². The van der Waals surface area contributed by atoms with E-state index in [1.54, 1.807) is 11.4 Å². The van der Waals surface area contributed by atoms with Gasteiger partial charge >= 0.3 is 5.97 Å². The summed E-state index contributed by atoms with van der Waals surface area (Å²) in [5.41, 5.74) is 0.588. The Balaban J connectivity index is 2.02. The highest BCUT2D eigenvalue weighted by Crippen LogP contribution is 2.35. The molecule has 1 aliphatic carbocycles. The number of carboxylic acid groups (broad SMARTS) is 1. The number of hydrogen-bond acceptors (Lipinski definition) is 3. The first-order valence-corrected chi connectivity index (χ1v) is 7.25. The van der Waals surface area contributed by atoms with Gasteiger partial charge in [0.2, 0.25) is 0 Å². The van der Waals surface area contributed by atoms with Crippen LogP contribution in [0.4, 0.5) is 0 Å². The van der Waals surface area contributed by atoms with E-state index in [2.05, 4.69) is 12.2 Å². The zero-order valence-electron chi connectivity index (χ0n) is 10.8. The summed E-state index contributed by atoms with van der Waals surface area (Å²) < 4.78 is 0. The van der Waals surface area contributed by atoms with Crippen molar-refractivity contribution in [1.29, 1.82) is 0 Å². The Morgan fingerprint density at radius 2 is 2.26 bits per heavy atom. The van der Waals surface area contributed by atoms with Crippen molar-refractivity contribution in [2.45, 2.75) is 38.1 Å². The van der Waals surface area contributed by atoms with Crippen molar-refractivity contribution in [3.63, 3.8) is 0 Å². The molecule has 0 radical (unpaired) electrons. The number of nitrogens with one attached hydrogen (secondary N) is 1. The molecule has 5 heteroatoms. The van der Waals surface area contributed by atoms with Crippen LogP contribution in [-0.2, 0) is 4.79 Å². The first-order valence-electron chi connectivity index (χ1n) is 6.37. The molecule has 19 heavy (non-hydrogen) atoms. The third kappa shape index (κ3) is 3.23. The average molecular weight is 279 g/mol. The van der Waals surface area contributed by atoms with Crippen LogP contribution in [0.5, 0.6) is 0 Å². The van der Waals surface area contributed by atoms with E-state index in [1.807, 2.05) is 0 Å². The molecule has 1 aliphatic rings. The van der Waals surface area contributed by atoms with Gasteiger partial charge in [0.25, 0.3) is 5.91 Å². The fraction of sp³-hybridized carbons (Fsp3) is 0.429. The number of rotatable bonds is 5. The molecule has 102 valence electrons. The van der Waals surface area contributed by atoms with Crippen LogP contribution < -0.4 is 5.32 Å². The lowest BCUT2D eigenvalue weighted by Crippen LogP contribution is -2.52. The third-order valence-corrected chi connectivity index (χ3v) is 4.54. The predicted octanol–water partition coefficient (Wildman–Crippen LogP) is 2.91. The van der Waals surface area contributed by atoms with Crippen LogP contribution in [0, 0.1) is 0 Å². The molecule has 1 aromatic rings. The molecule has 1 amide bonds. The predicted molar refractivity (Wildman–Crippen MR) is 75.3 cm³/mol. The van der Waals surface area contributed by atoms with E-state index in [0.717, 1.165) is 30.2 Å². The number of hydrogen-bond donors (Lipinski definition) is 2. The SMILES string of the molecule is CCC1(NC(=O)c2csc(/C=C/C(=O)O)c2)CCC1. The highest BCUT2D eigenvalue weighted by atomic mass is 32.1. The van der Waals surface area contributed by atoms with Crippen LogP contribution in [0.3, 0.4) is 0 Å². The van der Waals surface area contributed by atoms with Crippen molar-refractivity contribution in [3.05, 3.63) is 28.0 Å². The maximum Gasteiger partial charge on any atom is 0.328 e. The van der Waals surface area contributed by atoms with Crippen molar-refractivity contribution in [3.8, 4) is 0 Å². The van der Waals surface area contributed by atoms with Gasteiger partial charge in [-0.05, 0) is 37.8 Å². The number of amides is 1. The molecular weight excluding hydrogens is 262 g/mol. The Bertz CT molecular complexity index is 509. The molecule has 2 rings (SSSR count). The fourth-order valence-corrected chi connectivity index (χ4v) is 2.98. The summed E-state index contributed by atoms with van der Waals surface area (Å²) in [5, 5.41) is 13.4. The lowest BCUT2D eigenvalue weighted by molar-refractivity contribution is -0.131. The number of aliphatic carboxylic acids is 1. The van der Waals surface area contributed by atoms with E-state index in [1.165, 1.54) is 23.8 Å². The van der Waals surface area contributed by atoms with Crippen molar-refractivity contribution >= 4 is 29.3 Å². The molecule has 4 nitrogen and oxygen atoms in total. The molecule has 1 aromatic heterocycles. The van der Waals surface area contributed by atoms with Crippen LogP contribution in [0.25, 0.3) is 6.08 Å². The molecule has 0 atom stereocenters. The van der Waals surface area contributed by atoms with Crippen LogP contribution in [-0.4, -0.2) is 22.5 Å². The minimum Gasteiger partial charge on any atom is -0.478 e. The summed E-state index contributed by atoms with van der Waals surface area (Å²) in [7, 11) is 0. The third-order valence-electron chi connectivity index (χ3n) is 3.64. The summed E-state index contributed by atoms with van der Waals surface area (Å²) in [6, 6.07) is 1.72. The van der Waals surface area contributed by atoms with Gasteiger partial charge in [-0.3, -0.25) is 4.79 Å². The lowest BCUT2D eigenvalue weighted by Gasteiger charge is -2.41. The summed E-state index contributed by atoms with van der Waals surface area (Å²) in [6.45, 7) is 2.09. The molecule has 1 saturated carbocycles. The summed E-state index contributed by atoms with van der Waals surface area (Å²) in [6.07, 6.45) is 6.80. The Hall–Kier alpha value is -1.62. The number of thiophene rings is 1. The van der Waals surface area contributed by atoms with Gasteiger partial charge in [-0.25, -0.2) is 4.79 Å². The van der Waals surface area contributed by atoms with Gasteiger partial charge < -0.3 is 10.4 Å². The molecule has 2 N–H and O–H groups in total. The van der Waals surface area contributed by atoms with Crippen molar-refractivity contribution < 1.29 is 14.7 Å². The topological polar surface area (TPSA) is 66.4 Å². The second-order valence-electron chi connectivity index (χ2n) is 4.85. The number of carbonyl (C=O) groups excluding carboxylic acids is 1. The fourth-order valence-electron chi connectivity index (χ4n) is 2.20. The van der Waals surface area contributed by atoms with Gasteiger partial charge in [-0.15, -0.1) is 11.3 Å². The first kappa shape index (κ1) is 13.8. The summed E-state index contributed by atoms with van der Waals surface area (Å²) in [5.74, 6) is -1.05. The van der Waals surface area contributed by atoms with Crippen LogP contribution in [0.1, 0.15) is 47.8 Å². The number of carboxylic acids is 1. The van der Waals surface area contributed by atoms with E-state index >= 15 is 0 Å². The van der Waals surface area contributed by atoms with Gasteiger partial charge in [0.15, 0.2) is 0 Å². The van der Waals surface area contributed by atoms with E-state index in [9.17, 15) is 9.59 Å². The van der Waals surface area contributed by atoms with Crippen molar-refractivity contribution in [2.24, 2.45) is 0 Å². The second kappa shape index (κ2) is 5.57. The van der Waals surface area contributed by atoms with Gasteiger partial charge in [0.05, 0.1) is 5.56 Å². The van der Waals surface area contributed by atoms with Gasteiger partial charge in [-0.2, -0.15) is 0 Å². The zero-order valence-corrected chi connectivity index (χ0v) is 11.6. The normalized spacial score (nSPS) is 17.1. The van der Waals surface area contributed by atoms with Crippen LogP contribution in [0.15, 0.2) is 17.5 Å². The Labute approximate surface area is 116 Å². The Morgan fingerprint density at radius 1 is 1.53 bits per heavy atom. The van der Waals surface area contributed by atoms with Gasteiger partial charge in [-0.1, -0.05) is 6.92 Å². The molecule has 1 fully saturated rings. The Morgan fingerprint density at radius 3 is 2.79 bits per heavy atom. The van der Waals surface area contributed by atoms with E-state index < -0.39 is 5.97 Å². The lowest BCUT2D eigenvalue weighted by atomic mass is 9.75. The van der Waals surface area contributed by atoms with E-state index in [-0.39, 0.29) is 11.4 Å². The van der Waals surface area contributed by atoms with Gasteiger partial charge in [0, 0.05) is 21.9 Å². The van der Waals surface area contributed by atoms with Gasteiger partial charge in [0.1, 0.15) is 0 Å². The largest absolute Gasteiger partial charge is 0.478 e. The first-order chi connectivity index (χ1) is 9.04. The minimum absolute atomic E-state index is 0.0178. The molecule has 1 heterocycles. The molecule has 0 spiro atoms. The number of carbonyl (C=O) groups is 2. The second-order valence-corrected chi connectivity index (χ2v) is 5.79. The molecule has 0 aromatic carbocycles. The Kier molecular flexibility index (Phi) is 4.04. The summed E-state index contributed by atoms with van der Waals surface area (Å²) >= 11 is 1.37. The van der Waals surface area contributed by atoms with Crippen molar-refractivity contribution in [1.82, 2.24) is 5.32 Å². The average Bonchev–Trinajstić information content (AvgIpc) is 2.80. The zero-order chi connectivity index (χ0) is 13.9. The minimum atomic E-state index is -0.987. The maximum atomic E-state index is 12.1. The van der Waals surface area contributed by atoms with Crippen LogP contribution >= 0.6 is 11.3 Å². The standard InChI is InChI=1S/C14H17NO3S/c1-2-14(6-3-7-14)15-13(18)10-8-11(19-9-10)4-5-12(16)17/h4-5,8-9H,2-3,6-7H2,1H3,(H,15,18)(H,16,17)/b5-4+. The molecule has 0 unspecified atom stereocenters. The molecule has 0 aliphatic heterocycles. The van der Waals surface area contributed by atoms with E-state index in [0.29, 0.717) is 5.56 Å². The van der Waals surface area contributed by atoms with E-state index in [4.69, 9.17) is 5.11 Å². The maximum absolute atomic E-state index is 12.1. The molecule has 0 saturated heterocycles.